The van der Waals surface area contributed by atoms with E-state index in [4.69, 9.17) is 21.1 Å². The molecule has 5 heteroatoms. The SMILES string of the molecule is CC[C@H](NC(=O)C(C)(C)Oc1ccc(Cl)cc1)c1ccc(OC)c(C)c1. The number of nitrogens with one attached hydrogen (secondary N) is 1. The predicted molar refractivity (Wildman–Crippen MR) is 105 cm³/mol. The lowest BCUT2D eigenvalue weighted by Gasteiger charge is -2.28. The van der Waals surface area contributed by atoms with E-state index in [1.807, 2.05) is 32.0 Å². The largest absolute Gasteiger partial charge is 0.496 e. The van der Waals surface area contributed by atoms with E-state index in [0.717, 1.165) is 23.3 Å². The number of amides is 1. The summed E-state index contributed by atoms with van der Waals surface area (Å²) >= 11 is 5.89. The first-order valence-corrected chi connectivity index (χ1v) is 9.04. The molecule has 1 atom stereocenters. The summed E-state index contributed by atoms with van der Waals surface area (Å²) in [5.41, 5.74) is 1.07. The number of carbonyl (C=O) groups excluding carboxylic acids is 1. The Labute approximate surface area is 160 Å². The lowest BCUT2D eigenvalue weighted by Crippen LogP contribution is -2.47. The third-order valence-corrected chi connectivity index (χ3v) is 4.52. The van der Waals surface area contributed by atoms with Gasteiger partial charge in [-0.2, -0.15) is 0 Å². The highest BCUT2D eigenvalue weighted by molar-refractivity contribution is 6.30. The quantitative estimate of drug-likeness (QED) is 0.733. The van der Waals surface area contributed by atoms with Crippen LogP contribution in [0, 0.1) is 6.92 Å². The normalized spacial score (nSPS) is 12.4. The number of aryl methyl sites for hydroxylation is 1. The molecule has 0 aromatic heterocycles. The number of methoxy groups -OCH3 is 1. The van der Waals surface area contributed by atoms with E-state index in [9.17, 15) is 4.79 Å². The van der Waals surface area contributed by atoms with Crippen molar-refractivity contribution in [1.29, 1.82) is 0 Å². The van der Waals surface area contributed by atoms with E-state index >= 15 is 0 Å². The van der Waals surface area contributed by atoms with E-state index in [1.54, 1.807) is 45.2 Å². The molecule has 0 spiro atoms. The smallest absolute Gasteiger partial charge is 0.264 e. The molecular weight excluding hydrogens is 350 g/mol. The Bertz CT molecular complexity index is 756. The second kappa shape index (κ2) is 8.45. The van der Waals surface area contributed by atoms with Gasteiger partial charge in [-0.3, -0.25) is 4.79 Å². The van der Waals surface area contributed by atoms with Crippen LogP contribution in [0.4, 0.5) is 0 Å². The maximum atomic E-state index is 12.8. The molecule has 4 nitrogen and oxygen atoms in total. The first kappa shape index (κ1) is 20.1. The highest BCUT2D eigenvalue weighted by Crippen LogP contribution is 2.26. The number of hydrogen-bond acceptors (Lipinski definition) is 3. The number of halogens is 1. The van der Waals surface area contributed by atoms with Crippen molar-refractivity contribution in [3.63, 3.8) is 0 Å². The van der Waals surface area contributed by atoms with Crippen LogP contribution in [-0.2, 0) is 4.79 Å². The highest BCUT2D eigenvalue weighted by Gasteiger charge is 2.31. The maximum absolute atomic E-state index is 12.8. The Kier molecular flexibility index (Phi) is 6.54. The van der Waals surface area contributed by atoms with Gasteiger partial charge in [-0.05, 0) is 68.7 Å². The Morgan fingerprint density at radius 3 is 2.38 bits per heavy atom. The fraction of sp³-hybridized carbons (Fsp3) is 0.381. The first-order chi connectivity index (χ1) is 12.3. The Morgan fingerprint density at radius 1 is 1.19 bits per heavy atom. The van der Waals surface area contributed by atoms with Gasteiger partial charge in [0.05, 0.1) is 13.2 Å². The van der Waals surface area contributed by atoms with Crippen molar-refractivity contribution in [2.45, 2.75) is 45.8 Å². The van der Waals surface area contributed by atoms with Gasteiger partial charge in [-0.15, -0.1) is 0 Å². The van der Waals surface area contributed by atoms with Crippen LogP contribution in [0.25, 0.3) is 0 Å². The minimum absolute atomic E-state index is 0.0970. The van der Waals surface area contributed by atoms with Gasteiger partial charge in [0.25, 0.3) is 5.91 Å². The van der Waals surface area contributed by atoms with Crippen molar-refractivity contribution in [1.82, 2.24) is 5.32 Å². The Morgan fingerprint density at radius 2 is 1.85 bits per heavy atom. The van der Waals surface area contributed by atoms with E-state index in [1.165, 1.54) is 0 Å². The molecule has 140 valence electrons. The topological polar surface area (TPSA) is 47.6 Å². The van der Waals surface area contributed by atoms with Crippen molar-refractivity contribution in [2.75, 3.05) is 7.11 Å². The molecule has 2 aromatic carbocycles. The van der Waals surface area contributed by atoms with Crippen LogP contribution < -0.4 is 14.8 Å². The van der Waals surface area contributed by atoms with Crippen LogP contribution in [0.3, 0.4) is 0 Å². The Balaban J connectivity index is 2.11. The zero-order chi connectivity index (χ0) is 19.3. The minimum atomic E-state index is -1.01. The molecule has 0 bridgehead atoms. The third kappa shape index (κ3) is 4.92. The monoisotopic (exact) mass is 375 g/mol. The summed E-state index contributed by atoms with van der Waals surface area (Å²) in [5.74, 6) is 1.26. The maximum Gasteiger partial charge on any atom is 0.264 e. The molecule has 0 fully saturated rings. The number of rotatable bonds is 7. The number of carbonyl (C=O) groups is 1. The number of benzene rings is 2. The van der Waals surface area contributed by atoms with Crippen LogP contribution in [-0.4, -0.2) is 18.6 Å². The van der Waals surface area contributed by atoms with Crippen LogP contribution in [0.5, 0.6) is 11.5 Å². The summed E-state index contributed by atoms with van der Waals surface area (Å²) in [6, 6.07) is 12.8. The molecule has 26 heavy (non-hydrogen) atoms. The lowest BCUT2D eigenvalue weighted by atomic mass is 10.00. The molecule has 0 aliphatic rings. The first-order valence-electron chi connectivity index (χ1n) is 8.67. The van der Waals surface area contributed by atoms with E-state index < -0.39 is 5.60 Å². The molecule has 0 unspecified atom stereocenters. The standard InChI is InChI=1S/C21H26ClNO3/c1-6-18(15-7-12-19(25-5)14(2)13-15)23-20(24)21(3,4)26-17-10-8-16(22)9-11-17/h7-13,18H,6H2,1-5H3,(H,23,24)/t18-/m0/s1. The van der Waals surface area contributed by atoms with Crippen molar-refractivity contribution >= 4 is 17.5 Å². The van der Waals surface area contributed by atoms with Crippen molar-refractivity contribution in [2.24, 2.45) is 0 Å². The van der Waals surface area contributed by atoms with Crippen LogP contribution in [0.1, 0.15) is 44.4 Å². The van der Waals surface area contributed by atoms with Crippen LogP contribution >= 0.6 is 11.6 Å². The van der Waals surface area contributed by atoms with E-state index in [2.05, 4.69) is 5.32 Å². The van der Waals surface area contributed by atoms with Gasteiger partial charge < -0.3 is 14.8 Å². The predicted octanol–water partition coefficient (Wildman–Crippen LogP) is 5.08. The van der Waals surface area contributed by atoms with E-state index in [-0.39, 0.29) is 11.9 Å². The van der Waals surface area contributed by atoms with Gasteiger partial charge >= 0.3 is 0 Å². The van der Waals surface area contributed by atoms with Crippen molar-refractivity contribution < 1.29 is 14.3 Å². The van der Waals surface area contributed by atoms with Gasteiger partial charge in [0, 0.05) is 5.02 Å². The molecule has 0 aliphatic carbocycles. The summed E-state index contributed by atoms with van der Waals surface area (Å²) in [5, 5.41) is 3.71. The zero-order valence-electron chi connectivity index (χ0n) is 15.9. The molecule has 0 heterocycles. The second-order valence-electron chi connectivity index (χ2n) is 6.73. The third-order valence-electron chi connectivity index (χ3n) is 4.27. The fourth-order valence-electron chi connectivity index (χ4n) is 2.72. The molecule has 0 radical (unpaired) electrons. The molecule has 0 saturated heterocycles. The molecule has 1 N–H and O–H groups in total. The molecule has 2 aromatic rings. The number of ether oxygens (including phenoxy) is 2. The molecule has 0 aliphatic heterocycles. The Hall–Kier alpha value is -2.20. The van der Waals surface area contributed by atoms with Gasteiger partial charge in [0.2, 0.25) is 0 Å². The summed E-state index contributed by atoms with van der Waals surface area (Å²) in [4.78, 5) is 12.8. The van der Waals surface area contributed by atoms with Crippen LogP contribution in [0.15, 0.2) is 42.5 Å². The average molecular weight is 376 g/mol. The molecule has 2 rings (SSSR count). The average Bonchev–Trinajstić information content (AvgIpc) is 2.61. The van der Waals surface area contributed by atoms with Crippen molar-refractivity contribution in [3.8, 4) is 11.5 Å². The number of hydrogen-bond donors (Lipinski definition) is 1. The lowest BCUT2D eigenvalue weighted by molar-refractivity contribution is -0.135. The van der Waals surface area contributed by atoms with Crippen LogP contribution in [0.2, 0.25) is 5.02 Å². The second-order valence-corrected chi connectivity index (χ2v) is 7.17. The fourth-order valence-corrected chi connectivity index (χ4v) is 2.84. The van der Waals surface area contributed by atoms with E-state index in [0.29, 0.717) is 10.8 Å². The highest BCUT2D eigenvalue weighted by atomic mass is 35.5. The van der Waals surface area contributed by atoms with Gasteiger partial charge in [-0.25, -0.2) is 0 Å². The molecular formula is C21H26ClNO3. The summed E-state index contributed by atoms with van der Waals surface area (Å²) in [7, 11) is 1.65. The summed E-state index contributed by atoms with van der Waals surface area (Å²) in [6.07, 6.45) is 0.772. The minimum Gasteiger partial charge on any atom is -0.496 e. The molecule has 0 saturated carbocycles. The van der Waals surface area contributed by atoms with Gasteiger partial charge in [0.15, 0.2) is 5.60 Å². The van der Waals surface area contributed by atoms with Crippen molar-refractivity contribution in [3.05, 3.63) is 58.6 Å². The summed E-state index contributed by atoms with van der Waals surface area (Å²) in [6.45, 7) is 7.54. The summed E-state index contributed by atoms with van der Waals surface area (Å²) < 4.78 is 11.2. The molecule has 1 amide bonds. The van der Waals surface area contributed by atoms with Gasteiger partial charge in [-0.1, -0.05) is 30.7 Å². The zero-order valence-corrected chi connectivity index (χ0v) is 16.7. The van der Waals surface area contributed by atoms with Gasteiger partial charge in [0.1, 0.15) is 11.5 Å².